The lowest BCUT2D eigenvalue weighted by atomic mass is 10.1. The topological polar surface area (TPSA) is 50.9 Å². The van der Waals surface area contributed by atoms with Gasteiger partial charge in [-0.1, -0.05) is 30.3 Å². The molecule has 16 heavy (non-hydrogen) atoms. The first-order chi connectivity index (χ1) is 7.75. The van der Waals surface area contributed by atoms with E-state index in [9.17, 15) is 0 Å². The number of nitrogens with zero attached hydrogens (tertiary/aromatic N) is 1. The zero-order chi connectivity index (χ0) is 11.4. The van der Waals surface area contributed by atoms with E-state index in [4.69, 9.17) is 5.73 Å². The molecule has 0 aliphatic heterocycles. The number of nitrogens with one attached hydrogen (secondary N) is 1. The van der Waals surface area contributed by atoms with E-state index in [0.29, 0.717) is 0 Å². The normalized spacial score (nSPS) is 12.1. The third kappa shape index (κ3) is 2.51. The van der Waals surface area contributed by atoms with Crippen LogP contribution in [0.4, 0.5) is 11.5 Å². The lowest BCUT2D eigenvalue weighted by Gasteiger charge is -2.14. The van der Waals surface area contributed by atoms with Crippen LogP contribution in [0.25, 0.3) is 0 Å². The van der Waals surface area contributed by atoms with E-state index >= 15 is 0 Å². The lowest BCUT2D eigenvalue weighted by Crippen LogP contribution is -2.07. The van der Waals surface area contributed by atoms with Crippen LogP contribution >= 0.6 is 0 Å². The molecule has 3 N–H and O–H groups in total. The van der Waals surface area contributed by atoms with Gasteiger partial charge in [0, 0.05) is 24.0 Å². The summed E-state index contributed by atoms with van der Waals surface area (Å²) in [7, 11) is 0. The molecule has 2 aromatic rings. The maximum absolute atomic E-state index is 5.69. The summed E-state index contributed by atoms with van der Waals surface area (Å²) in [6, 6.07) is 14.1. The van der Waals surface area contributed by atoms with Gasteiger partial charge in [-0.25, -0.2) is 4.98 Å². The zero-order valence-corrected chi connectivity index (χ0v) is 9.22. The van der Waals surface area contributed by atoms with E-state index in [-0.39, 0.29) is 6.04 Å². The summed E-state index contributed by atoms with van der Waals surface area (Å²) in [6.07, 6.45) is 1.70. The molecule has 3 nitrogen and oxygen atoms in total. The fraction of sp³-hybridized carbons (Fsp3) is 0.154. The van der Waals surface area contributed by atoms with Crippen LogP contribution in [0, 0.1) is 0 Å². The second-order valence-electron chi connectivity index (χ2n) is 3.75. The summed E-state index contributed by atoms with van der Waals surface area (Å²) in [5, 5.41) is 3.31. The predicted molar refractivity (Wildman–Crippen MR) is 67.1 cm³/mol. The predicted octanol–water partition coefficient (Wildman–Crippen LogP) is 2.84. The Morgan fingerprint density at radius 1 is 1.19 bits per heavy atom. The highest BCUT2D eigenvalue weighted by Gasteiger charge is 2.04. The molecule has 0 bridgehead atoms. The summed E-state index contributed by atoms with van der Waals surface area (Å²) in [4.78, 5) is 4.21. The van der Waals surface area contributed by atoms with Gasteiger partial charge < -0.3 is 11.1 Å². The van der Waals surface area contributed by atoms with Crippen molar-refractivity contribution in [3.8, 4) is 0 Å². The Morgan fingerprint density at radius 3 is 2.62 bits per heavy atom. The molecule has 1 aromatic carbocycles. The Kier molecular flexibility index (Phi) is 3.05. The van der Waals surface area contributed by atoms with Gasteiger partial charge in [0.2, 0.25) is 0 Å². The molecule has 0 saturated heterocycles. The van der Waals surface area contributed by atoms with Crippen molar-refractivity contribution in [1.29, 1.82) is 0 Å². The Hall–Kier alpha value is -2.03. The molecular weight excluding hydrogens is 198 g/mol. The minimum Gasteiger partial charge on any atom is -0.399 e. The fourth-order valence-corrected chi connectivity index (χ4v) is 1.57. The van der Waals surface area contributed by atoms with Crippen molar-refractivity contribution in [3.63, 3.8) is 0 Å². The zero-order valence-electron chi connectivity index (χ0n) is 9.22. The van der Waals surface area contributed by atoms with Crippen LogP contribution < -0.4 is 11.1 Å². The van der Waals surface area contributed by atoms with Gasteiger partial charge in [-0.3, -0.25) is 0 Å². The molecule has 1 unspecified atom stereocenters. The minimum absolute atomic E-state index is 0.218. The van der Waals surface area contributed by atoms with Crippen molar-refractivity contribution >= 4 is 11.5 Å². The summed E-state index contributed by atoms with van der Waals surface area (Å²) in [5.74, 6) is 0.802. The maximum Gasteiger partial charge on any atom is 0.128 e. The Balaban J connectivity index is 2.11. The van der Waals surface area contributed by atoms with Crippen molar-refractivity contribution in [3.05, 3.63) is 54.2 Å². The van der Waals surface area contributed by atoms with Gasteiger partial charge in [0.25, 0.3) is 0 Å². The first-order valence-corrected chi connectivity index (χ1v) is 5.29. The number of hydrogen-bond acceptors (Lipinski definition) is 3. The summed E-state index contributed by atoms with van der Waals surface area (Å²) in [6.45, 7) is 2.10. The van der Waals surface area contributed by atoms with E-state index in [1.54, 1.807) is 12.3 Å². The summed E-state index contributed by atoms with van der Waals surface area (Å²) >= 11 is 0. The maximum atomic E-state index is 5.69. The number of hydrogen-bond donors (Lipinski definition) is 2. The standard InChI is InChI=1S/C13H15N3/c1-10(11-5-3-2-4-6-11)16-13-9-12(14)7-8-15-13/h2-10H,1H3,(H3,14,15,16). The highest BCUT2D eigenvalue weighted by atomic mass is 15.0. The largest absolute Gasteiger partial charge is 0.399 e. The van der Waals surface area contributed by atoms with E-state index in [1.165, 1.54) is 5.56 Å². The molecule has 82 valence electrons. The lowest BCUT2D eigenvalue weighted by molar-refractivity contribution is 0.875. The third-order valence-electron chi connectivity index (χ3n) is 2.45. The Morgan fingerprint density at radius 2 is 1.94 bits per heavy atom. The van der Waals surface area contributed by atoms with Crippen LogP contribution in [-0.4, -0.2) is 4.98 Å². The van der Waals surface area contributed by atoms with Gasteiger partial charge >= 0.3 is 0 Å². The first kappa shape index (κ1) is 10.5. The minimum atomic E-state index is 0.218. The number of aromatic nitrogens is 1. The van der Waals surface area contributed by atoms with Gasteiger partial charge in [-0.15, -0.1) is 0 Å². The SMILES string of the molecule is CC(Nc1cc(N)ccn1)c1ccccc1. The molecule has 0 spiro atoms. The van der Waals surface area contributed by atoms with E-state index in [0.717, 1.165) is 11.5 Å². The van der Waals surface area contributed by atoms with Crippen molar-refractivity contribution in [1.82, 2.24) is 4.98 Å². The molecule has 0 saturated carbocycles. The number of nitrogens with two attached hydrogens (primary N) is 1. The smallest absolute Gasteiger partial charge is 0.128 e. The summed E-state index contributed by atoms with van der Waals surface area (Å²) < 4.78 is 0. The van der Waals surface area contributed by atoms with E-state index < -0.39 is 0 Å². The Labute approximate surface area is 95.3 Å². The van der Waals surface area contributed by atoms with Crippen molar-refractivity contribution in [2.24, 2.45) is 0 Å². The summed E-state index contributed by atoms with van der Waals surface area (Å²) in [5.41, 5.74) is 7.64. The van der Waals surface area contributed by atoms with Gasteiger partial charge in [-0.2, -0.15) is 0 Å². The molecule has 2 rings (SSSR count). The van der Waals surface area contributed by atoms with Crippen LogP contribution in [0.3, 0.4) is 0 Å². The average Bonchev–Trinajstić information content (AvgIpc) is 2.30. The third-order valence-corrected chi connectivity index (χ3v) is 2.45. The van der Waals surface area contributed by atoms with Gasteiger partial charge in [0.1, 0.15) is 5.82 Å². The van der Waals surface area contributed by atoms with Crippen molar-refractivity contribution in [2.45, 2.75) is 13.0 Å². The van der Waals surface area contributed by atoms with E-state index in [1.807, 2.05) is 24.3 Å². The molecule has 0 aliphatic carbocycles. The monoisotopic (exact) mass is 213 g/mol. The number of benzene rings is 1. The van der Waals surface area contributed by atoms with Crippen LogP contribution in [0.5, 0.6) is 0 Å². The van der Waals surface area contributed by atoms with Gasteiger partial charge in [-0.05, 0) is 18.6 Å². The van der Waals surface area contributed by atoms with Crippen molar-refractivity contribution in [2.75, 3.05) is 11.1 Å². The van der Waals surface area contributed by atoms with Gasteiger partial charge in [0.15, 0.2) is 0 Å². The molecule has 1 aromatic heterocycles. The molecule has 1 heterocycles. The number of pyridine rings is 1. The molecule has 0 aliphatic rings. The number of nitrogen functional groups attached to an aromatic ring is 1. The van der Waals surface area contributed by atoms with Crippen LogP contribution in [0.15, 0.2) is 48.7 Å². The highest BCUT2D eigenvalue weighted by Crippen LogP contribution is 2.18. The fourth-order valence-electron chi connectivity index (χ4n) is 1.57. The Bertz CT molecular complexity index is 454. The molecule has 0 amide bonds. The molecule has 0 fully saturated rings. The first-order valence-electron chi connectivity index (χ1n) is 5.29. The number of anilines is 2. The van der Waals surface area contributed by atoms with Crippen LogP contribution in [0.1, 0.15) is 18.5 Å². The van der Waals surface area contributed by atoms with E-state index in [2.05, 4.69) is 29.4 Å². The average molecular weight is 213 g/mol. The molecular formula is C13H15N3. The molecule has 0 radical (unpaired) electrons. The number of rotatable bonds is 3. The van der Waals surface area contributed by atoms with Crippen LogP contribution in [-0.2, 0) is 0 Å². The molecule has 1 atom stereocenters. The highest BCUT2D eigenvalue weighted by molar-refractivity contribution is 5.49. The van der Waals surface area contributed by atoms with Crippen molar-refractivity contribution < 1.29 is 0 Å². The second kappa shape index (κ2) is 4.66. The van der Waals surface area contributed by atoms with Crippen LogP contribution in [0.2, 0.25) is 0 Å². The van der Waals surface area contributed by atoms with Gasteiger partial charge in [0.05, 0.1) is 0 Å². The second-order valence-corrected chi connectivity index (χ2v) is 3.75. The molecule has 3 heteroatoms. The quantitative estimate of drug-likeness (QED) is 0.824.